The number of methoxy groups -OCH3 is 1. The Hall–Kier alpha value is -1.20. The minimum absolute atomic E-state index is 0.0973. The molecule has 1 aromatic rings. The molecule has 0 atom stereocenters. The van der Waals surface area contributed by atoms with Gasteiger partial charge in [0.1, 0.15) is 5.75 Å². The molecule has 4 nitrogen and oxygen atoms in total. The van der Waals surface area contributed by atoms with Gasteiger partial charge in [-0.05, 0) is 42.5 Å². The van der Waals surface area contributed by atoms with Gasteiger partial charge >= 0.3 is 0 Å². The van der Waals surface area contributed by atoms with Gasteiger partial charge in [0.05, 0.1) is 12.9 Å². The van der Waals surface area contributed by atoms with Gasteiger partial charge in [0.25, 0.3) is 0 Å². The van der Waals surface area contributed by atoms with Gasteiger partial charge in [-0.15, -0.1) is 0 Å². The lowest BCUT2D eigenvalue weighted by atomic mass is 10.1. The van der Waals surface area contributed by atoms with Crippen LogP contribution in [-0.4, -0.2) is 37.6 Å². The number of benzene rings is 1. The van der Waals surface area contributed by atoms with E-state index in [0.717, 1.165) is 36.1 Å². The standard InChI is InChI=1S/C14H20N2O2S/c1-18-13-4-2-3-11(5-13)8-16-14(17)10-19-9-12-6-15-7-12/h2-5,12,15H,6-10H2,1H3,(H,16,17). The third kappa shape index (κ3) is 4.76. The van der Waals surface area contributed by atoms with Crippen LogP contribution in [0.15, 0.2) is 24.3 Å². The highest BCUT2D eigenvalue weighted by molar-refractivity contribution is 7.99. The van der Waals surface area contributed by atoms with E-state index in [4.69, 9.17) is 4.74 Å². The lowest BCUT2D eigenvalue weighted by Crippen LogP contribution is -2.43. The molecule has 1 aliphatic heterocycles. The second-order valence-electron chi connectivity index (χ2n) is 4.67. The molecule has 1 heterocycles. The topological polar surface area (TPSA) is 50.4 Å². The summed E-state index contributed by atoms with van der Waals surface area (Å²) in [5, 5.41) is 6.16. The van der Waals surface area contributed by atoms with Crippen LogP contribution in [0.4, 0.5) is 0 Å². The monoisotopic (exact) mass is 280 g/mol. The lowest BCUT2D eigenvalue weighted by molar-refractivity contribution is -0.118. The highest BCUT2D eigenvalue weighted by Crippen LogP contribution is 2.13. The van der Waals surface area contributed by atoms with Crippen LogP contribution in [0.1, 0.15) is 5.56 Å². The summed E-state index contributed by atoms with van der Waals surface area (Å²) in [7, 11) is 1.64. The summed E-state index contributed by atoms with van der Waals surface area (Å²) >= 11 is 1.71. The van der Waals surface area contributed by atoms with Crippen LogP contribution in [0.2, 0.25) is 0 Å². The summed E-state index contributed by atoms with van der Waals surface area (Å²) in [6.45, 7) is 2.75. The number of nitrogens with one attached hydrogen (secondary N) is 2. The normalized spacial score (nSPS) is 14.8. The first kappa shape index (κ1) is 14.2. The van der Waals surface area contributed by atoms with Crippen LogP contribution in [0.5, 0.6) is 5.75 Å². The first-order valence-corrected chi connectivity index (χ1v) is 7.61. The maximum atomic E-state index is 11.7. The molecule has 1 fully saturated rings. The van der Waals surface area contributed by atoms with Gasteiger partial charge < -0.3 is 15.4 Å². The Morgan fingerprint density at radius 2 is 2.37 bits per heavy atom. The van der Waals surface area contributed by atoms with Crippen LogP contribution in [0, 0.1) is 5.92 Å². The van der Waals surface area contributed by atoms with Gasteiger partial charge in [-0.25, -0.2) is 0 Å². The average molecular weight is 280 g/mol. The van der Waals surface area contributed by atoms with Crippen LogP contribution < -0.4 is 15.4 Å². The Balaban J connectivity index is 1.64. The molecule has 104 valence electrons. The number of hydrogen-bond donors (Lipinski definition) is 2. The fraction of sp³-hybridized carbons (Fsp3) is 0.500. The number of amides is 1. The zero-order valence-corrected chi connectivity index (χ0v) is 12.0. The summed E-state index contributed by atoms with van der Waals surface area (Å²) in [6.07, 6.45) is 0. The first-order valence-electron chi connectivity index (χ1n) is 6.46. The summed E-state index contributed by atoms with van der Waals surface area (Å²) in [5.74, 6) is 3.27. The molecule has 0 aliphatic carbocycles. The van der Waals surface area contributed by atoms with Crippen molar-refractivity contribution >= 4 is 17.7 Å². The number of thioether (sulfide) groups is 1. The molecule has 1 aliphatic rings. The minimum Gasteiger partial charge on any atom is -0.497 e. The van der Waals surface area contributed by atoms with Crippen molar-refractivity contribution in [3.05, 3.63) is 29.8 Å². The van der Waals surface area contributed by atoms with E-state index >= 15 is 0 Å². The van der Waals surface area contributed by atoms with Crippen molar-refractivity contribution in [2.45, 2.75) is 6.54 Å². The largest absolute Gasteiger partial charge is 0.497 e. The quantitative estimate of drug-likeness (QED) is 0.789. The Morgan fingerprint density at radius 3 is 3.05 bits per heavy atom. The summed E-state index contributed by atoms with van der Waals surface area (Å²) in [6, 6.07) is 7.75. The Labute approximate surface area is 118 Å². The third-order valence-corrected chi connectivity index (χ3v) is 4.25. The molecule has 0 radical (unpaired) electrons. The molecule has 0 saturated carbocycles. The summed E-state index contributed by atoms with van der Waals surface area (Å²) in [4.78, 5) is 11.7. The molecule has 1 aromatic carbocycles. The van der Waals surface area contributed by atoms with E-state index in [1.165, 1.54) is 0 Å². The molecule has 0 spiro atoms. The molecule has 0 bridgehead atoms. The van der Waals surface area contributed by atoms with Gasteiger partial charge in [-0.3, -0.25) is 4.79 Å². The molecular formula is C14H20N2O2S. The molecule has 0 aromatic heterocycles. The van der Waals surface area contributed by atoms with E-state index in [0.29, 0.717) is 12.3 Å². The number of hydrogen-bond acceptors (Lipinski definition) is 4. The number of ether oxygens (including phenoxy) is 1. The van der Waals surface area contributed by atoms with E-state index in [9.17, 15) is 4.79 Å². The predicted molar refractivity (Wildman–Crippen MR) is 78.5 cm³/mol. The zero-order valence-electron chi connectivity index (χ0n) is 11.1. The molecule has 2 rings (SSSR count). The van der Waals surface area contributed by atoms with E-state index in [1.54, 1.807) is 18.9 Å². The fourth-order valence-electron chi connectivity index (χ4n) is 1.82. The number of carbonyl (C=O) groups is 1. The minimum atomic E-state index is 0.0973. The Kier molecular flexibility index (Phi) is 5.54. The molecule has 19 heavy (non-hydrogen) atoms. The van der Waals surface area contributed by atoms with Crippen molar-refractivity contribution in [3.63, 3.8) is 0 Å². The number of carbonyl (C=O) groups excluding carboxylic acids is 1. The summed E-state index contributed by atoms with van der Waals surface area (Å²) in [5.41, 5.74) is 1.06. The summed E-state index contributed by atoms with van der Waals surface area (Å²) < 4.78 is 5.15. The van der Waals surface area contributed by atoms with Crippen molar-refractivity contribution in [2.75, 3.05) is 31.7 Å². The SMILES string of the molecule is COc1cccc(CNC(=O)CSCC2CNC2)c1. The van der Waals surface area contributed by atoms with Gasteiger partial charge in [-0.1, -0.05) is 12.1 Å². The van der Waals surface area contributed by atoms with E-state index in [1.807, 2.05) is 24.3 Å². The highest BCUT2D eigenvalue weighted by Gasteiger charge is 2.16. The number of rotatable bonds is 7. The molecule has 1 amide bonds. The van der Waals surface area contributed by atoms with Crippen LogP contribution >= 0.6 is 11.8 Å². The van der Waals surface area contributed by atoms with Crippen molar-refractivity contribution in [1.82, 2.24) is 10.6 Å². The highest BCUT2D eigenvalue weighted by atomic mass is 32.2. The Bertz CT molecular complexity index is 422. The van der Waals surface area contributed by atoms with E-state index in [2.05, 4.69) is 10.6 Å². The predicted octanol–water partition coefficient (Wildman–Crippen LogP) is 1.26. The zero-order chi connectivity index (χ0) is 13.5. The Morgan fingerprint density at radius 1 is 1.53 bits per heavy atom. The average Bonchev–Trinajstić information content (AvgIpc) is 2.39. The van der Waals surface area contributed by atoms with E-state index in [-0.39, 0.29) is 5.91 Å². The lowest BCUT2D eigenvalue weighted by Gasteiger charge is -2.26. The third-order valence-electron chi connectivity index (χ3n) is 3.08. The van der Waals surface area contributed by atoms with E-state index < -0.39 is 0 Å². The molecular weight excluding hydrogens is 260 g/mol. The van der Waals surface area contributed by atoms with Crippen LogP contribution in [0.3, 0.4) is 0 Å². The van der Waals surface area contributed by atoms with Gasteiger partial charge in [-0.2, -0.15) is 11.8 Å². The van der Waals surface area contributed by atoms with Crippen molar-refractivity contribution in [1.29, 1.82) is 0 Å². The van der Waals surface area contributed by atoms with Crippen molar-refractivity contribution < 1.29 is 9.53 Å². The second kappa shape index (κ2) is 7.40. The molecule has 5 heteroatoms. The van der Waals surface area contributed by atoms with Gasteiger partial charge in [0.15, 0.2) is 0 Å². The van der Waals surface area contributed by atoms with Crippen molar-refractivity contribution in [3.8, 4) is 5.75 Å². The maximum absolute atomic E-state index is 11.7. The van der Waals surface area contributed by atoms with Crippen LogP contribution in [0.25, 0.3) is 0 Å². The maximum Gasteiger partial charge on any atom is 0.230 e. The second-order valence-corrected chi connectivity index (χ2v) is 5.70. The van der Waals surface area contributed by atoms with Gasteiger partial charge in [0.2, 0.25) is 5.91 Å². The fourth-order valence-corrected chi connectivity index (χ4v) is 2.79. The first-order chi connectivity index (χ1) is 9.28. The van der Waals surface area contributed by atoms with Crippen molar-refractivity contribution in [2.24, 2.45) is 5.92 Å². The van der Waals surface area contributed by atoms with Gasteiger partial charge in [0, 0.05) is 6.54 Å². The molecule has 1 saturated heterocycles. The molecule has 0 unspecified atom stereocenters. The molecule has 2 N–H and O–H groups in total. The van der Waals surface area contributed by atoms with Crippen LogP contribution in [-0.2, 0) is 11.3 Å². The smallest absolute Gasteiger partial charge is 0.230 e.